The van der Waals surface area contributed by atoms with E-state index >= 15 is 0 Å². The lowest BCUT2D eigenvalue weighted by Crippen LogP contribution is -2.44. The van der Waals surface area contributed by atoms with Crippen LogP contribution in [-0.4, -0.2) is 57.3 Å². The molecule has 6 nitrogen and oxygen atoms in total. The molecule has 0 bridgehead atoms. The molecule has 2 aromatic carbocycles. The van der Waals surface area contributed by atoms with E-state index in [2.05, 4.69) is 22.3 Å². The molecule has 31 heavy (non-hydrogen) atoms. The van der Waals surface area contributed by atoms with Gasteiger partial charge in [0.1, 0.15) is 0 Å². The molecule has 0 aliphatic carbocycles. The third-order valence-electron chi connectivity index (χ3n) is 5.69. The zero-order valence-electron chi connectivity index (χ0n) is 18.1. The third kappa shape index (κ3) is 6.50. The second-order valence-electron chi connectivity index (χ2n) is 8.07. The number of carbonyl (C=O) groups excluding carboxylic acids is 1. The predicted molar refractivity (Wildman–Crippen MR) is 125 cm³/mol. The summed E-state index contributed by atoms with van der Waals surface area (Å²) in [5.74, 6) is -0.164. The van der Waals surface area contributed by atoms with Crippen molar-refractivity contribution in [3.8, 4) is 0 Å². The normalized spacial score (nSPS) is 17.1. The van der Waals surface area contributed by atoms with Gasteiger partial charge in [-0.2, -0.15) is 4.31 Å². The number of hydrogen-bond acceptors (Lipinski definition) is 4. The molecule has 1 atom stereocenters. The minimum atomic E-state index is -3.49. The zero-order chi connectivity index (χ0) is 22.3. The second kappa shape index (κ2) is 10.7. The maximum atomic E-state index is 12.7. The summed E-state index contributed by atoms with van der Waals surface area (Å²) in [6.07, 6.45) is 2.67. The molecule has 0 spiro atoms. The molecular weight excluding hydrogens is 410 g/mol. The van der Waals surface area contributed by atoms with Crippen LogP contribution in [0.5, 0.6) is 0 Å². The number of amides is 1. The maximum Gasteiger partial charge on any atom is 0.236 e. The van der Waals surface area contributed by atoms with E-state index in [9.17, 15) is 13.2 Å². The first-order chi connectivity index (χ1) is 14.9. The highest BCUT2D eigenvalue weighted by Crippen LogP contribution is 2.22. The summed E-state index contributed by atoms with van der Waals surface area (Å²) >= 11 is 0. The van der Waals surface area contributed by atoms with E-state index in [0.717, 1.165) is 11.1 Å². The SMILES string of the molecule is CN(C)C(CNC(=O)C1CCN(S(=O)(=O)/C=C/c2ccccc2)CC1)c1ccccc1. The summed E-state index contributed by atoms with van der Waals surface area (Å²) in [5, 5.41) is 4.32. The Kier molecular flexibility index (Phi) is 8.01. The van der Waals surface area contributed by atoms with Gasteiger partial charge in [-0.1, -0.05) is 60.7 Å². The van der Waals surface area contributed by atoms with E-state index in [1.807, 2.05) is 62.6 Å². The van der Waals surface area contributed by atoms with Crippen molar-refractivity contribution in [2.75, 3.05) is 33.7 Å². The number of nitrogens with one attached hydrogen (secondary N) is 1. The molecule has 2 aromatic rings. The molecule has 1 aliphatic rings. The molecule has 1 heterocycles. The van der Waals surface area contributed by atoms with Crippen molar-refractivity contribution < 1.29 is 13.2 Å². The van der Waals surface area contributed by atoms with Gasteiger partial charge in [0.05, 0.1) is 6.04 Å². The summed E-state index contributed by atoms with van der Waals surface area (Å²) in [6.45, 7) is 1.23. The Balaban J connectivity index is 1.51. The first-order valence-electron chi connectivity index (χ1n) is 10.6. The number of hydrogen-bond donors (Lipinski definition) is 1. The van der Waals surface area contributed by atoms with Crippen molar-refractivity contribution >= 4 is 22.0 Å². The number of sulfonamides is 1. The van der Waals surface area contributed by atoms with Crippen LogP contribution in [-0.2, 0) is 14.8 Å². The molecule has 0 radical (unpaired) electrons. The monoisotopic (exact) mass is 441 g/mol. The van der Waals surface area contributed by atoms with Crippen LogP contribution in [0.1, 0.15) is 30.0 Å². The average Bonchev–Trinajstić information content (AvgIpc) is 2.79. The van der Waals surface area contributed by atoms with Crippen LogP contribution in [0.2, 0.25) is 0 Å². The molecule has 166 valence electrons. The lowest BCUT2D eigenvalue weighted by molar-refractivity contribution is -0.126. The van der Waals surface area contributed by atoms with Crippen molar-refractivity contribution in [2.45, 2.75) is 18.9 Å². The summed E-state index contributed by atoms with van der Waals surface area (Å²) in [6, 6.07) is 19.5. The van der Waals surface area contributed by atoms with E-state index in [1.54, 1.807) is 6.08 Å². The van der Waals surface area contributed by atoms with Crippen LogP contribution >= 0.6 is 0 Å². The van der Waals surface area contributed by atoms with Gasteiger partial charge in [-0.3, -0.25) is 4.79 Å². The van der Waals surface area contributed by atoms with Gasteiger partial charge < -0.3 is 10.2 Å². The van der Waals surface area contributed by atoms with Crippen LogP contribution in [0.15, 0.2) is 66.1 Å². The smallest absolute Gasteiger partial charge is 0.236 e. The van der Waals surface area contributed by atoms with E-state index in [-0.39, 0.29) is 17.9 Å². The van der Waals surface area contributed by atoms with Gasteiger partial charge in [-0.05, 0) is 44.1 Å². The minimum absolute atomic E-state index is 0.000318. The Hall–Kier alpha value is -2.48. The molecule has 3 rings (SSSR count). The largest absolute Gasteiger partial charge is 0.354 e. The molecule has 0 aromatic heterocycles. The lowest BCUT2D eigenvalue weighted by atomic mass is 9.97. The van der Waals surface area contributed by atoms with Crippen LogP contribution < -0.4 is 5.32 Å². The van der Waals surface area contributed by atoms with Crippen molar-refractivity contribution in [1.82, 2.24) is 14.5 Å². The predicted octanol–water partition coefficient (Wildman–Crippen LogP) is 3.12. The topological polar surface area (TPSA) is 69.7 Å². The Morgan fingerprint density at radius 2 is 1.65 bits per heavy atom. The average molecular weight is 442 g/mol. The van der Waals surface area contributed by atoms with Gasteiger partial charge in [-0.25, -0.2) is 8.42 Å². The van der Waals surface area contributed by atoms with Gasteiger partial charge in [0.25, 0.3) is 0 Å². The maximum absolute atomic E-state index is 12.7. The fourth-order valence-corrected chi connectivity index (χ4v) is 5.02. The molecule has 1 N–H and O–H groups in total. The number of piperidine rings is 1. The highest BCUT2D eigenvalue weighted by atomic mass is 32.2. The molecule has 1 aliphatic heterocycles. The first kappa shape index (κ1) is 23.2. The number of carbonyl (C=O) groups is 1. The van der Waals surface area contributed by atoms with E-state index in [1.165, 1.54) is 9.71 Å². The molecule has 1 unspecified atom stereocenters. The van der Waals surface area contributed by atoms with Gasteiger partial charge in [0, 0.05) is 31.0 Å². The van der Waals surface area contributed by atoms with E-state index < -0.39 is 10.0 Å². The van der Waals surface area contributed by atoms with Gasteiger partial charge in [-0.15, -0.1) is 0 Å². The van der Waals surface area contributed by atoms with Crippen molar-refractivity contribution in [3.63, 3.8) is 0 Å². The molecule has 1 amide bonds. The minimum Gasteiger partial charge on any atom is -0.354 e. The van der Waals surface area contributed by atoms with Gasteiger partial charge in [0.15, 0.2) is 0 Å². The fraction of sp³-hybridized carbons (Fsp3) is 0.375. The standard InChI is InChI=1S/C24H31N3O3S/c1-26(2)23(21-11-7-4-8-12-21)19-25-24(28)22-13-16-27(17-14-22)31(29,30)18-15-20-9-5-3-6-10-20/h3-12,15,18,22-23H,13-14,16-17,19H2,1-2H3,(H,25,28)/b18-15+. The fourth-order valence-electron chi connectivity index (χ4n) is 3.80. The van der Waals surface area contributed by atoms with Gasteiger partial charge in [0.2, 0.25) is 15.9 Å². The Labute approximate surface area is 185 Å². The lowest BCUT2D eigenvalue weighted by Gasteiger charge is -2.31. The van der Waals surface area contributed by atoms with Gasteiger partial charge >= 0.3 is 0 Å². The Bertz CT molecular complexity index is 968. The number of rotatable bonds is 8. The summed E-state index contributed by atoms with van der Waals surface area (Å²) < 4.78 is 26.7. The number of likely N-dealkylation sites (N-methyl/N-ethyl adjacent to an activating group) is 1. The molecule has 0 saturated carbocycles. The van der Waals surface area contributed by atoms with Crippen LogP contribution in [0.3, 0.4) is 0 Å². The Morgan fingerprint density at radius 1 is 1.06 bits per heavy atom. The van der Waals surface area contributed by atoms with Crippen LogP contribution in [0.4, 0.5) is 0 Å². The summed E-state index contributed by atoms with van der Waals surface area (Å²) in [4.78, 5) is 14.8. The highest BCUT2D eigenvalue weighted by molar-refractivity contribution is 7.92. The summed E-state index contributed by atoms with van der Waals surface area (Å²) in [7, 11) is 0.503. The molecule has 1 fully saturated rings. The van der Waals surface area contributed by atoms with E-state index in [4.69, 9.17) is 0 Å². The quantitative estimate of drug-likeness (QED) is 0.683. The number of benzene rings is 2. The molecular formula is C24H31N3O3S. The van der Waals surface area contributed by atoms with Crippen LogP contribution in [0, 0.1) is 5.92 Å². The van der Waals surface area contributed by atoms with Crippen molar-refractivity contribution in [3.05, 3.63) is 77.2 Å². The second-order valence-corrected chi connectivity index (χ2v) is 9.89. The summed E-state index contributed by atoms with van der Waals surface area (Å²) in [5.41, 5.74) is 1.99. The zero-order valence-corrected chi connectivity index (χ0v) is 19.0. The Morgan fingerprint density at radius 3 is 2.23 bits per heavy atom. The first-order valence-corrected chi connectivity index (χ1v) is 12.1. The van der Waals surface area contributed by atoms with E-state index in [0.29, 0.717) is 32.5 Å². The third-order valence-corrected chi connectivity index (χ3v) is 7.26. The highest BCUT2D eigenvalue weighted by Gasteiger charge is 2.30. The van der Waals surface area contributed by atoms with Crippen molar-refractivity contribution in [1.29, 1.82) is 0 Å². The number of nitrogens with zero attached hydrogens (tertiary/aromatic N) is 2. The molecule has 1 saturated heterocycles. The van der Waals surface area contributed by atoms with Crippen LogP contribution in [0.25, 0.3) is 6.08 Å². The molecule has 7 heteroatoms. The van der Waals surface area contributed by atoms with Crippen molar-refractivity contribution in [2.24, 2.45) is 5.92 Å².